The van der Waals surface area contributed by atoms with Crippen LogP contribution in [0.15, 0.2) is 55.2 Å². The van der Waals surface area contributed by atoms with Gasteiger partial charge in [-0.05, 0) is 30.2 Å². The first-order chi connectivity index (χ1) is 13.1. The Morgan fingerprint density at radius 3 is 2.74 bits per heavy atom. The monoisotopic (exact) mass is 365 g/mol. The number of carbonyl (C=O) groups is 2. The maximum Gasteiger partial charge on any atom is 0.291 e. The Labute approximate surface area is 155 Å². The molecule has 1 amide bonds. The summed E-state index contributed by atoms with van der Waals surface area (Å²) >= 11 is 0. The summed E-state index contributed by atoms with van der Waals surface area (Å²) in [6.07, 6.45) is 7.58. The second-order valence-corrected chi connectivity index (χ2v) is 6.55. The highest BCUT2D eigenvalue weighted by Crippen LogP contribution is 2.42. The van der Waals surface area contributed by atoms with E-state index in [0.29, 0.717) is 30.8 Å². The third-order valence-corrected chi connectivity index (χ3v) is 4.85. The molecule has 1 aromatic carbocycles. The van der Waals surface area contributed by atoms with Crippen LogP contribution in [0.1, 0.15) is 29.6 Å². The molecule has 0 saturated carbocycles. The quantitative estimate of drug-likeness (QED) is 0.646. The summed E-state index contributed by atoms with van der Waals surface area (Å²) < 4.78 is 1.93. The number of likely N-dealkylation sites (tertiary alicyclic amines) is 1. The number of aryl methyl sites for hydroxylation is 1. The number of benzene rings is 1. The van der Waals surface area contributed by atoms with Crippen molar-refractivity contribution in [1.82, 2.24) is 24.6 Å². The Bertz CT molecular complexity index is 936. The van der Waals surface area contributed by atoms with E-state index in [9.17, 15) is 14.7 Å². The summed E-state index contributed by atoms with van der Waals surface area (Å²) in [5.74, 6) is -1.59. The number of ketones is 1. The molecule has 0 aliphatic carbocycles. The molecule has 2 atom stereocenters. The molecule has 0 spiro atoms. The van der Waals surface area contributed by atoms with Crippen LogP contribution in [0.2, 0.25) is 0 Å². The van der Waals surface area contributed by atoms with Gasteiger partial charge in [0.2, 0.25) is 5.78 Å². The Morgan fingerprint density at radius 2 is 2.04 bits per heavy atom. The average Bonchev–Trinajstić information content (AvgIpc) is 3.39. The van der Waals surface area contributed by atoms with E-state index in [2.05, 4.69) is 15.2 Å². The van der Waals surface area contributed by atoms with Crippen molar-refractivity contribution < 1.29 is 14.7 Å². The van der Waals surface area contributed by atoms with Gasteiger partial charge in [0.15, 0.2) is 0 Å². The Kier molecular flexibility index (Phi) is 4.45. The van der Waals surface area contributed by atoms with Crippen LogP contribution in [0.5, 0.6) is 5.75 Å². The van der Waals surface area contributed by atoms with Crippen molar-refractivity contribution in [2.24, 2.45) is 0 Å². The van der Waals surface area contributed by atoms with Crippen LogP contribution in [0.25, 0.3) is 0 Å². The Balaban J connectivity index is 1.63. The van der Waals surface area contributed by atoms with Gasteiger partial charge in [0.05, 0.1) is 24.0 Å². The molecule has 4 rings (SSSR count). The number of carbonyl (C=O) groups excluding carboxylic acids is 2. The van der Waals surface area contributed by atoms with Gasteiger partial charge in [-0.15, -0.1) is 0 Å². The second kappa shape index (κ2) is 7.06. The summed E-state index contributed by atoms with van der Waals surface area (Å²) in [4.78, 5) is 31.1. The number of phenolic OH excluding ortho intramolecular Hbond substituents is 1. The number of imidazole rings is 1. The van der Waals surface area contributed by atoms with Crippen molar-refractivity contribution in [2.45, 2.75) is 24.9 Å². The van der Waals surface area contributed by atoms with Gasteiger partial charge >= 0.3 is 0 Å². The number of H-pyrrole nitrogens is 1. The third kappa shape index (κ3) is 3.21. The number of hydrogen-bond acceptors (Lipinski definition) is 5. The van der Waals surface area contributed by atoms with Gasteiger partial charge in [0, 0.05) is 31.7 Å². The molecule has 0 bridgehead atoms. The lowest BCUT2D eigenvalue weighted by Gasteiger charge is -2.26. The Morgan fingerprint density at radius 1 is 1.15 bits per heavy atom. The largest absolute Gasteiger partial charge is 0.508 e. The number of aromatic hydroxyl groups is 1. The lowest BCUT2D eigenvalue weighted by Crippen LogP contribution is -2.31. The highest BCUT2D eigenvalue weighted by atomic mass is 16.3. The number of aromatic amines is 1. The van der Waals surface area contributed by atoms with Crippen molar-refractivity contribution in [1.29, 1.82) is 0 Å². The van der Waals surface area contributed by atoms with Crippen LogP contribution in [-0.4, -0.2) is 48.0 Å². The van der Waals surface area contributed by atoms with E-state index in [1.54, 1.807) is 47.9 Å². The number of phenols is 1. The summed E-state index contributed by atoms with van der Waals surface area (Å²) in [5, 5.41) is 16.7. The molecule has 27 heavy (non-hydrogen) atoms. The SMILES string of the molecule is O=C1C(=O)N(CCCn2ccnc2)C(c2ccn[nH]2)C1c1cccc(O)c1. The molecule has 2 aromatic heterocycles. The number of rotatable bonds is 6. The van der Waals surface area contributed by atoms with E-state index in [-0.39, 0.29) is 5.75 Å². The van der Waals surface area contributed by atoms with Gasteiger partial charge in [-0.3, -0.25) is 14.7 Å². The summed E-state index contributed by atoms with van der Waals surface area (Å²) in [6, 6.07) is 7.81. The van der Waals surface area contributed by atoms with E-state index in [0.717, 1.165) is 0 Å². The first kappa shape index (κ1) is 17.0. The predicted octanol–water partition coefficient (Wildman–Crippen LogP) is 1.64. The smallest absolute Gasteiger partial charge is 0.291 e. The van der Waals surface area contributed by atoms with Gasteiger partial charge < -0.3 is 14.6 Å². The number of hydrogen-bond donors (Lipinski definition) is 2. The van der Waals surface area contributed by atoms with Crippen molar-refractivity contribution >= 4 is 11.7 Å². The van der Waals surface area contributed by atoms with Gasteiger partial charge in [0.1, 0.15) is 5.75 Å². The van der Waals surface area contributed by atoms with E-state index in [1.165, 1.54) is 6.07 Å². The summed E-state index contributed by atoms with van der Waals surface area (Å²) in [5.41, 5.74) is 1.32. The lowest BCUT2D eigenvalue weighted by molar-refractivity contribution is -0.140. The van der Waals surface area contributed by atoms with E-state index >= 15 is 0 Å². The molecule has 0 radical (unpaired) electrons. The van der Waals surface area contributed by atoms with Crippen molar-refractivity contribution in [3.63, 3.8) is 0 Å². The standard InChI is InChI=1S/C19H19N5O3/c25-14-4-1-3-13(11-14)16-17(15-5-6-21-22-15)24(19(27)18(16)26)9-2-8-23-10-7-20-12-23/h1,3-7,10-12,16-17,25H,2,8-9H2,(H,21,22). The normalized spacial score (nSPS) is 19.8. The zero-order chi connectivity index (χ0) is 18.8. The minimum absolute atomic E-state index is 0.0645. The van der Waals surface area contributed by atoms with Gasteiger partial charge in [0.25, 0.3) is 5.91 Å². The molecule has 8 nitrogen and oxygen atoms in total. The van der Waals surface area contributed by atoms with Gasteiger partial charge in [-0.2, -0.15) is 5.10 Å². The van der Waals surface area contributed by atoms with Crippen molar-refractivity contribution in [2.75, 3.05) is 6.54 Å². The molecule has 3 heterocycles. The maximum atomic E-state index is 12.8. The maximum absolute atomic E-state index is 12.8. The summed E-state index contributed by atoms with van der Waals surface area (Å²) in [7, 11) is 0. The topological polar surface area (TPSA) is 104 Å². The van der Waals surface area contributed by atoms with E-state index < -0.39 is 23.7 Å². The summed E-state index contributed by atoms with van der Waals surface area (Å²) in [6.45, 7) is 1.13. The number of aromatic nitrogens is 4. The molecule has 1 fully saturated rings. The number of nitrogens with zero attached hydrogens (tertiary/aromatic N) is 4. The van der Waals surface area contributed by atoms with Crippen LogP contribution in [0, 0.1) is 0 Å². The number of nitrogens with one attached hydrogen (secondary N) is 1. The highest BCUT2D eigenvalue weighted by molar-refractivity contribution is 6.40. The lowest BCUT2D eigenvalue weighted by atomic mass is 9.89. The molecule has 2 N–H and O–H groups in total. The molecule has 1 aliphatic rings. The van der Waals surface area contributed by atoms with Crippen LogP contribution in [-0.2, 0) is 16.1 Å². The molecule has 3 aromatic rings. The van der Waals surface area contributed by atoms with E-state index in [4.69, 9.17) is 0 Å². The molecule has 2 unspecified atom stereocenters. The average molecular weight is 365 g/mol. The first-order valence-corrected chi connectivity index (χ1v) is 8.74. The molecular weight excluding hydrogens is 346 g/mol. The first-order valence-electron chi connectivity index (χ1n) is 8.74. The van der Waals surface area contributed by atoms with Gasteiger partial charge in [-0.1, -0.05) is 12.1 Å². The molecule has 138 valence electrons. The highest BCUT2D eigenvalue weighted by Gasteiger charge is 2.49. The second-order valence-electron chi connectivity index (χ2n) is 6.55. The minimum Gasteiger partial charge on any atom is -0.508 e. The van der Waals surface area contributed by atoms with Crippen molar-refractivity contribution in [3.8, 4) is 5.75 Å². The van der Waals surface area contributed by atoms with Crippen LogP contribution < -0.4 is 0 Å². The van der Waals surface area contributed by atoms with Crippen LogP contribution in [0.3, 0.4) is 0 Å². The zero-order valence-corrected chi connectivity index (χ0v) is 14.5. The fraction of sp³-hybridized carbons (Fsp3) is 0.263. The minimum atomic E-state index is -0.682. The molecule has 1 saturated heterocycles. The molecular formula is C19H19N5O3. The number of Topliss-reactive ketones (excluding diaryl/α,β-unsaturated/α-hetero) is 1. The zero-order valence-electron chi connectivity index (χ0n) is 14.5. The predicted molar refractivity (Wildman–Crippen MR) is 95.7 cm³/mol. The van der Waals surface area contributed by atoms with E-state index in [1.807, 2.05) is 10.8 Å². The Hall–Kier alpha value is -3.42. The molecule has 8 heteroatoms. The van der Waals surface area contributed by atoms with Crippen LogP contribution in [0.4, 0.5) is 0 Å². The van der Waals surface area contributed by atoms with Crippen molar-refractivity contribution in [3.05, 3.63) is 66.5 Å². The third-order valence-electron chi connectivity index (χ3n) is 4.85. The fourth-order valence-corrected chi connectivity index (χ4v) is 3.64. The van der Waals surface area contributed by atoms with Gasteiger partial charge in [-0.25, -0.2) is 4.98 Å². The fourth-order valence-electron chi connectivity index (χ4n) is 3.64. The molecule has 1 aliphatic heterocycles. The number of amides is 1. The van der Waals surface area contributed by atoms with Crippen LogP contribution >= 0.6 is 0 Å².